The first-order chi connectivity index (χ1) is 6.70. The van der Waals surface area contributed by atoms with E-state index in [1.807, 2.05) is 0 Å². The maximum atomic E-state index is 11.5. The Labute approximate surface area is 91.1 Å². The maximum Gasteiger partial charge on any atom is 0.250 e. The highest BCUT2D eigenvalue weighted by Crippen LogP contribution is 2.04. The summed E-state index contributed by atoms with van der Waals surface area (Å²) in [5.41, 5.74) is 1.28. The molecule has 0 unspecified atom stereocenters. The molecule has 1 aromatic heterocycles. The van der Waals surface area contributed by atoms with Gasteiger partial charge >= 0.3 is 0 Å². The average Bonchev–Trinajstić information content (AvgIpc) is 2.18. The fourth-order valence-corrected chi connectivity index (χ4v) is 1.54. The number of hydrogen-bond donors (Lipinski definition) is 0. The second-order valence-electron chi connectivity index (χ2n) is 2.98. The Morgan fingerprint density at radius 1 is 1.57 bits per heavy atom. The third-order valence-electron chi connectivity index (χ3n) is 2.09. The zero-order valence-electron chi connectivity index (χ0n) is 7.96. The van der Waals surface area contributed by atoms with E-state index in [4.69, 9.17) is 5.26 Å². The number of pyridine rings is 1. The summed E-state index contributed by atoms with van der Waals surface area (Å²) in [7, 11) is 0. The van der Waals surface area contributed by atoms with E-state index in [1.54, 1.807) is 17.6 Å². The van der Waals surface area contributed by atoms with E-state index in [-0.39, 0.29) is 5.56 Å². The first-order valence-corrected chi connectivity index (χ1v) is 5.49. The van der Waals surface area contributed by atoms with Crippen LogP contribution in [0.25, 0.3) is 0 Å². The number of rotatable bonds is 3. The van der Waals surface area contributed by atoms with E-state index in [1.165, 1.54) is 6.07 Å². The molecule has 1 rings (SSSR count). The summed E-state index contributed by atoms with van der Waals surface area (Å²) < 4.78 is 1.64. The number of halogens is 1. The molecule has 4 heteroatoms. The molecule has 0 aromatic carbocycles. The van der Waals surface area contributed by atoms with Gasteiger partial charge in [0.1, 0.15) is 6.07 Å². The lowest BCUT2D eigenvalue weighted by Crippen LogP contribution is -2.22. The van der Waals surface area contributed by atoms with Crippen molar-refractivity contribution < 1.29 is 0 Å². The Balaban J connectivity index is 3.14. The minimum Gasteiger partial charge on any atom is -0.312 e. The van der Waals surface area contributed by atoms with Gasteiger partial charge in [-0.15, -0.1) is 0 Å². The van der Waals surface area contributed by atoms with E-state index in [0.717, 1.165) is 17.4 Å². The van der Waals surface area contributed by atoms with E-state index >= 15 is 0 Å². The summed E-state index contributed by atoms with van der Waals surface area (Å²) >= 11 is 3.31. The summed E-state index contributed by atoms with van der Waals surface area (Å²) in [6, 6.07) is 5.08. The van der Waals surface area contributed by atoms with Crippen molar-refractivity contribution in [3.63, 3.8) is 0 Å². The van der Waals surface area contributed by atoms with E-state index in [2.05, 4.69) is 22.0 Å². The fourth-order valence-electron chi connectivity index (χ4n) is 1.29. The molecule has 1 heterocycles. The summed E-state index contributed by atoms with van der Waals surface area (Å²) in [5, 5.41) is 9.64. The molecule has 0 aliphatic rings. The minimum absolute atomic E-state index is 0.0394. The Bertz CT molecular complexity index is 417. The first kappa shape index (κ1) is 11.0. The summed E-state index contributed by atoms with van der Waals surface area (Å²) in [6.07, 6.45) is 0.885. The lowest BCUT2D eigenvalue weighted by molar-refractivity contribution is 0.639. The van der Waals surface area contributed by atoms with Gasteiger partial charge in [0.25, 0.3) is 5.56 Å². The van der Waals surface area contributed by atoms with Crippen LogP contribution in [0.15, 0.2) is 16.9 Å². The van der Waals surface area contributed by atoms with Gasteiger partial charge in [0.2, 0.25) is 0 Å². The van der Waals surface area contributed by atoms with E-state index in [9.17, 15) is 4.79 Å². The van der Waals surface area contributed by atoms with Crippen LogP contribution in [0, 0.1) is 18.3 Å². The van der Waals surface area contributed by atoms with Crippen LogP contribution in [0.4, 0.5) is 0 Å². The lowest BCUT2D eigenvalue weighted by Gasteiger charge is -2.09. The Morgan fingerprint density at radius 3 is 2.86 bits per heavy atom. The van der Waals surface area contributed by atoms with Crippen molar-refractivity contribution in [2.24, 2.45) is 0 Å². The van der Waals surface area contributed by atoms with Crippen molar-refractivity contribution in [1.29, 1.82) is 5.26 Å². The van der Waals surface area contributed by atoms with Gasteiger partial charge < -0.3 is 4.57 Å². The van der Waals surface area contributed by atoms with Gasteiger partial charge in [-0.1, -0.05) is 15.9 Å². The van der Waals surface area contributed by atoms with Crippen LogP contribution in [-0.2, 0) is 6.54 Å². The van der Waals surface area contributed by atoms with Gasteiger partial charge in [0.05, 0.1) is 5.56 Å². The highest BCUT2D eigenvalue weighted by atomic mass is 79.9. The Hall–Kier alpha value is -1.08. The molecule has 14 heavy (non-hydrogen) atoms. The second kappa shape index (κ2) is 4.97. The molecule has 3 nitrogen and oxygen atoms in total. The number of hydrogen-bond acceptors (Lipinski definition) is 2. The zero-order valence-corrected chi connectivity index (χ0v) is 9.54. The largest absolute Gasteiger partial charge is 0.312 e. The van der Waals surface area contributed by atoms with Gasteiger partial charge in [-0.2, -0.15) is 5.26 Å². The van der Waals surface area contributed by atoms with E-state index < -0.39 is 0 Å². The van der Waals surface area contributed by atoms with Gasteiger partial charge in [0, 0.05) is 23.6 Å². The number of alkyl halides is 1. The molecular weight excluding hydrogens is 244 g/mol. The molecular formula is C10H11BrN2O. The SMILES string of the molecule is Cc1c(C#N)ccc(=O)n1CCCBr. The second-order valence-corrected chi connectivity index (χ2v) is 3.77. The topological polar surface area (TPSA) is 45.8 Å². The fraction of sp³-hybridized carbons (Fsp3) is 0.400. The third kappa shape index (κ3) is 2.24. The van der Waals surface area contributed by atoms with Crippen LogP contribution in [-0.4, -0.2) is 9.90 Å². The molecule has 0 fully saturated rings. The minimum atomic E-state index is -0.0394. The first-order valence-electron chi connectivity index (χ1n) is 4.37. The lowest BCUT2D eigenvalue weighted by atomic mass is 10.2. The van der Waals surface area contributed by atoms with Crippen molar-refractivity contribution in [3.05, 3.63) is 33.7 Å². The number of nitrogens with zero attached hydrogens (tertiary/aromatic N) is 2. The predicted octanol–water partition coefficient (Wildman–Crippen LogP) is 1.81. The number of nitriles is 1. The molecule has 0 bridgehead atoms. The van der Waals surface area contributed by atoms with Gasteiger partial charge in [-0.3, -0.25) is 4.79 Å². The quantitative estimate of drug-likeness (QED) is 0.773. The van der Waals surface area contributed by atoms with Crippen LogP contribution in [0.5, 0.6) is 0 Å². The van der Waals surface area contributed by atoms with Crippen LogP contribution >= 0.6 is 15.9 Å². The smallest absolute Gasteiger partial charge is 0.250 e. The van der Waals surface area contributed by atoms with Crippen LogP contribution in [0.3, 0.4) is 0 Å². The van der Waals surface area contributed by atoms with Crippen molar-refractivity contribution >= 4 is 15.9 Å². The highest BCUT2D eigenvalue weighted by molar-refractivity contribution is 9.09. The predicted molar refractivity (Wildman–Crippen MR) is 58.6 cm³/mol. The molecule has 0 N–H and O–H groups in total. The number of aromatic nitrogens is 1. The molecule has 0 saturated heterocycles. The Kier molecular flexibility index (Phi) is 3.90. The molecule has 0 amide bonds. The third-order valence-corrected chi connectivity index (χ3v) is 2.65. The molecule has 0 saturated carbocycles. The van der Waals surface area contributed by atoms with Gasteiger partial charge in [0.15, 0.2) is 0 Å². The molecule has 0 aliphatic heterocycles. The van der Waals surface area contributed by atoms with Gasteiger partial charge in [-0.05, 0) is 19.4 Å². The molecule has 0 radical (unpaired) electrons. The van der Waals surface area contributed by atoms with E-state index in [0.29, 0.717) is 12.1 Å². The average molecular weight is 255 g/mol. The van der Waals surface area contributed by atoms with Crippen molar-refractivity contribution in [2.45, 2.75) is 19.9 Å². The highest BCUT2D eigenvalue weighted by Gasteiger charge is 2.04. The molecule has 0 spiro atoms. The zero-order chi connectivity index (χ0) is 10.6. The molecule has 0 atom stereocenters. The van der Waals surface area contributed by atoms with Crippen LogP contribution in [0.2, 0.25) is 0 Å². The van der Waals surface area contributed by atoms with Crippen molar-refractivity contribution in [3.8, 4) is 6.07 Å². The summed E-state index contributed by atoms with van der Waals surface area (Å²) in [4.78, 5) is 11.5. The molecule has 0 aliphatic carbocycles. The van der Waals surface area contributed by atoms with Gasteiger partial charge in [-0.25, -0.2) is 0 Å². The van der Waals surface area contributed by atoms with Crippen molar-refractivity contribution in [1.82, 2.24) is 4.57 Å². The van der Waals surface area contributed by atoms with Crippen molar-refractivity contribution in [2.75, 3.05) is 5.33 Å². The monoisotopic (exact) mass is 254 g/mol. The Morgan fingerprint density at radius 2 is 2.29 bits per heavy atom. The molecule has 1 aromatic rings. The summed E-state index contributed by atoms with van der Waals surface area (Å²) in [6.45, 7) is 2.46. The maximum absolute atomic E-state index is 11.5. The summed E-state index contributed by atoms with van der Waals surface area (Å²) in [5.74, 6) is 0. The molecule has 74 valence electrons. The van der Waals surface area contributed by atoms with Crippen LogP contribution < -0.4 is 5.56 Å². The standard InChI is InChI=1S/C10H11BrN2O/c1-8-9(7-12)3-4-10(14)13(8)6-2-5-11/h3-4H,2,5-6H2,1H3. The van der Waals surface area contributed by atoms with Crippen LogP contribution in [0.1, 0.15) is 17.7 Å². The normalized spacial score (nSPS) is 9.79.